The number of methoxy groups -OCH3 is 2. The van der Waals surface area contributed by atoms with E-state index in [0.717, 1.165) is 22.9 Å². The Kier molecular flexibility index (Phi) is 5.34. The fourth-order valence-corrected chi connectivity index (χ4v) is 2.37. The van der Waals surface area contributed by atoms with Crippen molar-refractivity contribution in [2.75, 3.05) is 19.5 Å². The van der Waals surface area contributed by atoms with Crippen molar-refractivity contribution >= 4 is 17.3 Å². The molecule has 21 heavy (non-hydrogen) atoms. The third kappa shape index (κ3) is 3.82. The van der Waals surface area contributed by atoms with E-state index in [1.165, 1.54) is 5.56 Å². The Bertz CT molecular complexity index is 584. The van der Waals surface area contributed by atoms with E-state index in [2.05, 4.69) is 12.2 Å². The lowest BCUT2D eigenvalue weighted by Gasteiger charge is -2.20. The normalized spacial score (nSPS) is 11.8. The Morgan fingerprint density at radius 3 is 2.24 bits per heavy atom. The molecule has 0 aliphatic rings. The first-order valence-electron chi connectivity index (χ1n) is 6.92. The molecule has 2 rings (SSSR count). The van der Waals surface area contributed by atoms with Gasteiger partial charge in [0, 0.05) is 16.8 Å². The van der Waals surface area contributed by atoms with Gasteiger partial charge >= 0.3 is 0 Å². The van der Waals surface area contributed by atoms with E-state index in [-0.39, 0.29) is 6.04 Å². The predicted molar refractivity (Wildman–Crippen MR) is 87.7 cm³/mol. The molecule has 0 aliphatic carbocycles. The van der Waals surface area contributed by atoms with Gasteiger partial charge in [0.15, 0.2) is 11.5 Å². The van der Waals surface area contributed by atoms with Gasteiger partial charge in [-0.05, 0) is 36.2 Å². The Morgan fingerprint density at radius 2 is 1.67 bits per heavy atom. The van der Waals surface area contributed by atoms with Gasteiger partial charge in [0.05, 0.1) is 20.3 Å². The van der Waals surface area contributed by atoms with Crippen LogP contribution in [0.1, 0.15) is 24.9 Å². The quantitative estimate of drug-likeness (QED) is 0.821. The third-order valence-electron chi connectivity index (χ3n) is 3.41. The maximum atomic E-state index is 5.94. The van der Waals surface area contributed by atoms with Crippen LogP contribution in [0.3, 0.4) is 0 Å². The van der Waals surface area contributed by atoms with Gasteiger partial charge in [0.2, 0.25) is 0 Å². The average molecular weight is 306 g/mol. The minimum Gasteiger partial charge on any atom is -0.493 e. The summed E-state index contributed by atoms with van der Waals surface area (Å²) in [6, 6.07) is 14.0. The Morgan fingerprint density at radius 1 is 1.00 bits per heavy atom. The lowest BCUT2D eigenvalue weighted by molar-refractivity contribution is 0.355. The first kappa shape index (κ1) is 15.5. The molecule has 0 bridgehead atoms. The molecule has 1 unspecified atom stereocenters. The van der Waals surface area contributed by atoms with Crippen molar-refractivity contribution in [1.29, 1.82) is 0 Å². The SMILES string of the molecule is CCC(Nc1ccc(OC)c(OC)c1)c1ccc(Cl)cc1. The second kappa shape index (κ2) is 7.23. The van der Waals surface area contributed by atoms with Crippen LogP contribution in [0.15, 0.2) is 42.5 Å². The molecule has 0 saturated carbocycles. The lowest BCUT2D eigenvalue weighted by atomic mass is 10.0. The summed E-state index contributed by atoms with van der Waals surface area (Å²) in [5, 5.41) is 4.26. The van der Waals surface area contributed by atoms with Crippen molar-refractivity contribution in [2.45, 2.75) is 19.4 Å². The standard InChI is InChI=1S/C17H20ClNO2/c1-4-15(12-5-7-13(18)8-6-12)19-14-9-10-16(20-2)17(11-14)21-3/h5-11,15,19H,4H2,1-3H3. The lowest BCUT2D eigenvalue weighted by Crippen LogP contribution is -2.09. The molecule has 2 aromatic rings. The second-order valence-corrected chi connectivity index (χ2v) is 5.16. The Hall–Kier alpha value is -1.87. The highest BCUT2D eigenvalue weighted by Crippen LogP contribution is 2.32. The van der Waals surface area contributed by atoms with Gasteiger partial charge in [-0.25, -0.2) is 0 Å². The molecule has 1 N–H and O–H groups in total. The second-order valence-electron chi connectivity index (χ2n) is 4.73. The molecule has 3 nitrogen and oxygen atoms in total. The van der Waals surface area contributed by atoms with Gasteiger partial charge in [-0.2, -0.15) is 0 Å². The van der Waals surface area contributed by atoms with Crippen LogP contribution in [0.4, 0.5) is 5.69 Å². The zero-order valence-electron chi connectivity index (χ0n) is 12.5. The number of benzene rings is 2. The molecular weight excluding hydrogens is 286 g/mol. The summed E-state index contributed by atoms with van der Waals surface area (Å²) in [5.41, 5.74) is 2.20. The number of nitrogens with one attached hydrogen (secondary N) is 1. The highest BCUT2D eigenvalue weighted by Gasteiger charge is 2.11. The monoisotopic (exact) mass is 305 g/mol. The number of halogens is 1. The molecule has 0 aromatic heterocycles. The fourth-order valence-electron chi connectivity index (χ4n) is 2.24. The van der Waals surface area contributed by atoms with E-state index in [1.807, 2.05) is 42.5 Å². The van der Waals surface area contributed by atoms with Crippen LogP contribution in [-0.4, -0.2) is 14.2 Å². The largest absolute Gasteiger partial charge is 0.493 e. The van der Waals surface area contributed by atoms with E-state index in [0.29, 0.717) is 5.75 Å². The number of hydrogen-bond donors (Lipinski definition) is 1. The molecule has 112 valence electrons. The number of ether oxygens (including phenoxy) is 2. The zero-order chi connectivity index (χ0) is 15.2. The maximum absolute atomic E-state index is 5.94. The Labute approximate surface area is 130 Å². The van der Waals surface area contributed by atoms with E-state index < -0.39 is 0 Å². The zero-order valence-corrected chi connectivity index (χ0v) is 13.3. The molecule has 0 saturated heterocycles. The number of anilines is 1. The van der Waals surface area contributed by atoms with Crippen molar-refractivity contribution in [2.24, 2.45) is 0 Å². The number of hydrogen-bond acceptors (Lipinski definition) is 3. The summed E-state index contributed by atoms with van der Waals surface area (Å²) in [7, 11) is 3.27. The highest BCUT2D eigenvalue weighted by atomic mass is 35.5. The minimum atomic E-state index is 0.223. The van der Waals surface area contributed by atoms with Crippen molar-refractivity contribution < 1.29 is 9.47 Å². The van der Waals surface area contributed by atoms with Gasteiger partial charge < -0.3 is 14.8 Å². The van der Waals surface area contributed by atoms with Crippen molar-refractivity contribution in [1.82, 2.24) is 0 Å². The molecular formula is C17H20ClNO2. The molecule has 0 spiro atoms. The summed E-state index contributed by atoms with van der Waals surface area (Å²) in [6.45, 7) is 2.15. The topological polar surface area (TPSA) is 30.5 Å². The fraction of sp³-hybridized carbons (Fsp3) is 0.294. The van der Waals surface area contributed by atoms with Crippen LogP contribution < -0.4 is 14.8 Å². The van der Waals surface area contributed by atoms with E-state index in [9.17, 15) is 0 Å². The first-order chi connectivity index (χ1) is 10.2. The predicted octanol–water partition coefficient (Wildman–Crippen LogP) is 4.92. The third-order valence-corrected chi connectivity index (χ3v) is 3.66. The van der Waals surface area contributed by atoms with Gasteiger partial charge in [-0.3, -0.25) is 0 Å². The van der Waals surface area contributed by atoms with Crippen LogP contribution in [0, 0.1) is 0 Å². The summed E-state index contributed by atoms with van der Waals surface area (Å²) >= 11 is 5.94. The van der Waals surface area contributed by atoms with Crippen molar-refractivity contribution in [3.8, 4) is 11.5 Å². The molecule has 0 amide bonds. The molecule has 0 fully saturated rings. The average Bonchev–Trinajstić information content (AvgIpc) is 2.53. The summed E-state index contributed by atoms with van der Waals surface area (Å²) in [5.74, 6) is 1.44. The van der Waals surface area contributed by atoms with Crippen LogP contribution >= 0.6 is 11.6 Å². The minimum absolute atomic E-state index is 0.223. The first-order valence-corrected chi connectivity index (χ1v) is 7.29. The van der Waals surface area contributed by atoms with Crippen LogP contribution in [0.5, 0.6) is 11.5 Å². The van der Waals surface area contributed by atoms with Crippen LogP contribution in [0.2, 0.25) is 5.02 Å². The smallest absolute Gasteiger partial charge is 0.162 e. The maximum Gasteiger partial charge on any atom is 0.162 e. The molecule has 0 radical (unpaired) electrons. The van der Waals surface area contributed by atoms with Gasteiger partial charge in [0.25, 0.3) is 0 Å². The summed E-state index contributed by atoms with van der Waals surface area (Å²) in [6.07, 6.45) is 0.968. The van der Waals surface area contributed by atoms with Crippen LogP contribution in [-0.2, 0) is 0 Å². The van der Waals surface area contributed by atoms with Gasteiger partial charge in [-0.1, -0.05) is 30.7 Å². The molecule has 0 heterocycles. The van der Waals surface area contributed by atoms with E-state index >= 15 is 0 Å². The molecule has 2 aromatic carbocycles. The number of rotatable bonds is 6. The molecule has 4 heteroatoms. The summed E-state index contributed by atoms with van der Waals surface area (Å²) in [4.78, 5) is 0. The van der Waals surface area contributed by atoms with Crippen molar-refractivity contribution in [3.63, 3.8) is 0 Å². The summed E-state index contributed by atoms with van der Waals surface area (Å²) < 4.78 is 10.6. The van der Waals surface area contributed by atoms with Gasteiger partial charge in [-0.15, -0.1) is 0 Å². The van der Waals surface area contributed by atoms with E-state index in [1.54, 1.807) is 14.2 Å². The molecule has 0 aliphatic heterocycles. The highest BCUT2D eigenvalue weighted by molar-refractivity contribution is 6.30. The molecule has 1 atom stereocenters. The van der Waals surface area contributed by atoms with Crippen molar-refractivity contribution in [3.05, 3.63) is 53.1 Å². The van der Waals surface area contributed by atoms with Gasteiger partial charge in [0.1, 0.15) is 0 Å². The van der Waals surface area contributed by atoms with E-state index in [4.69, 9.17) is 21.1 Å². The Balaban J connectivity index is 2.20. The van der Waals surface area contributed by atoms with Crippen LogP contribution in [0.25, 0.3) is 0 Å².